The van der Waals surface area contributed by atoms with E-state index in [1.807, 2.05) is 12.1 Å². The number of nitrogens with zero attached hydrogens (tertiary/aromatic N) is 2. The van der Waals surface area contributed by atoms with Gasteiger partial charge in [-0.2, -0.15) is 0 Å². The van der Waals surface area contributed by atoms with Gasteiger partial charge < -0.3 is 9.30 Å². The molecule has 0 aliphatic carbocycles. The number of pyridine rings is 1. The summed E-state index contributed by atoms with van der Waals surface area (Å²) in [5.41, 5.74) is 3.67. The summed E-state index contributed by atoms with van der Waals surface area (Å²) in [5, 5.41) is 1.25. The zero-order chi connectivity index (χ0) is 13.2. The summed E-state index contributed by atoms with van der Waals surface area (Å²) in [4.78, 5) is 4.04. The smallest absolute Gasteiger partial charge is 0.138 e. The number of ether oxygens (including phenoxy) is 1. The van der Waals surface area contributed by atoms with E-state index in [1.165, 1.54) is 16.5 Å². The number of benzene rings is 1. The Morgan fingerprint density at radius 2 is 2.11 bits per heavy atom. The molecule has 3 aromatic rings. The van der Waals surface area contributed by atoms with Crippen LogP contribution < -0.4 is 4.74 Å². The average Bonchev–Trinajstić information content (AvgIpc) is 2.74. The van der Waals surface area contributed by atoms with Gasteiger partial charge >= 0.3 is 0 Å². The molecule has 0 N–H and O–H groups in total. The second-order valence-corrected chi connectivity index (χ2v) is 4.73. The van der Waals surface area contributed by atoms with Crippen LogP contribution in [0.1, 0.15) is 11.3 Å². The number of hydrogen-bond donors (Lipinski definition) is 0. The molecule has 0 spiro atoms. The molecule has 3 rings (SSSR count). The minimum absolute atomic E-state index is 0.552. The Morgan fingerprint density at radius 3 is 2.89 bits per heavy atom. The van der Waals surface area contributed by atoms with Crippen molar-refractivity contribution in [2.45, 2.75) is 13.5 Å². The normalized spacial score (nSPS) is 10.8. The molecule has 2 aromatic heterocycles. The number of hydrogen-bond acceptors (Lipinski definition) is 2. The lowest BCUT2D eigenvalue weighted by Gasteiger charge is -2.07. The van der Waals surface area contributed by atoms with E-state index in [4.69, 9.17) is 4.74 Å². The molecular weight excluding hydrogens is 236 g/mol. The van der Waals surface area contributed by atoms with Crippen LogP contribution >= 0.6 is 0 Å². The monoisotopic (exact) mass is 252 g/mol. The number of aryl methyl sites for hydroxylation is 2. The molecule has 3 nitrogen and oxygen atoms in total. The summed E-state index contributed by atoms with van der Waals surface area (Å²) in [6.45, 7) is 2.66. The highest BCUT2D eigenvalue weighted by Crippen LogP contribution is 2.21. The van der Waals surface area contributed by atoms with Crippen molar-refractivity contribution >= 4 is 10.9 Å². The third-order valence-corrected chi connectivity index (χ3v) is 3.32. The number of rotatable bonds is 3. The minimum Gasteiger partial charge on any atom is -0.486 e. The third kappa shape index (κ3) is 2.32. The van der Waals surface area contributed by atoms with Gasteiger partial charge in [0.25, 0.3) is 0 Å². The SMILES string of the molecule is Cc1ccc2cc(COc3cccnc3)n(C)c2c1. The highest BCUT2D eigenvalue weighted by Gasteiger charge is 2.06. The molecule has 96 valence electrons. The van der Waals surface area contributed by atoms with Crippen LogP contribution in [-0.2, 0) is 13.7 Å². The molecule has 0 saturated carbocycles. The zero-order valence-corrected chi connectivity index (χ0v) is 11.1. The van der Waals surface area contributed by atoms with E-state index in [1.54, 1.807) is 12.4 Å². The molecule has 0 aliphatic rings. The molecule has 0 unspecified atom stereocenters. The maximum absolute atomic E-state index is 5.75. The van der Waals surface area contributed by atoms with Crippen LogP contribution in [-0.4, -0.2) is 9.55 Å². The fourth-order valence-corrected chi connectivity index (χ4v) is 2.23. The lowest BCUT2D eigenvalue weighted by Crippen LogP contribution is -2.01. The summed E-state index contributed by atoms with van der Waals surface area (Å²) in [7, 11) is 2.07. The minimum atomic E-state index is 0.552. The average molecular weight is 252 g/mol. The molecule has 0 bridgehead atoms. The van der Waals surface area contributed by atoms with Gasteiger partial charge in [-0.1, -0.05) is 12.1 Å². The summed E-state index contributed by atoms with van der Waals surface area (Å²) >= 11 is 0. The molecule has 0 atom stereocenters. The number of fused-ring (bicyclic) bond motifs is 1. The van der Waals surface area contributed by atoms with Gasteiger partial charge in [0.15, 0.2) is 0 Å². The van der Waals surface area contributed by atoms with Crippen LogP contribution in [0.25, 0.3) is 10.9 Å². The van der Waals surface area contributed by atoms with E-state index < -0.39 is 0 Å². The Hall–Kier alpha value is -2.29. The third-order valence-electron chi connectivity index (χ3n) is 3.32. The first-order valence-corrected chi connectivity index (χ1v) is 6.32. The van der Waals surface area contributed by atoms with Crippen molar-refractivity contribution < 1.29 is 4.74 Å². The van der Waals surface area contributed by atoms with Crippen LogP contribution in [0.3, 0.4) is 0 Å². The van der Waals surface area contributed by atoms with Crippen LogP contribution in [0, 0.1) is 6.92 Å². The second kappa shape index (κ2) is 4.76. The fourth-order valence-electron chi connectivity index (χ4n) is 2.23. The molecule has 0 aliphatic heterocycles. The summed E-state index contributed by atoms with van der Waals surface area (Å²) in [6.07, 6.45) is 3.47. The highest BCUT2D eigenvalue weighted by atomic mass is 16.5. The Labute approximate surface area is 112 Å². The molecule has 2 heterocycles. The van der Waals surface area contributed by atoms with E-state index in [0.717, 1.165) is 11.4 Å². The van der Waals surface area contributed by atoms with Crippen molar-refractivity contribution in [2.24, 2.45) is 7.05 Å². The lowest BCUT2D eigenvalue weighted by atomic mass is 10.2. The Kier molecular flexibility index (Phi) is 2.95. The van der Waals surface area contributed by atoms with Crippen LogP contribution in [0.2, 0.25) is 0 Å². The van der Waals surface area contributed by atoms with Crippen molar-refractivity contribution in [1.29, 1.82) is 0 Å². The van der Waals surface area contributed by atoms with Gasteiger partial charge in [-0.25, -0.2) is 0 Å². The number of aromatic nitrogens is 2. The van der Waals surface area contributed by atoms with E-state index in [-0.39, 0.29) is 0 Å². The predicted octanol–water partition coefficient (Wildman–Crippen LogP) is 3.46. The van der Waals surface area contributed by atoms with Gasteiger partial charge in [0, 0.05) is 18.8 Å². The van der Waals surface area contributed by atoms with Gasteiger partial charge in [0.1, 0.15) is 12.4 Å². The quantitative estimate of drug-likeness (QED) is 0.713. The Bertz CT molecular complexity index is 701. The molecule has 19 heavy (non-hydrogen) atoms. The first-order chi connectivity index (χ1) is 9.24. The van der Waals surface area contributed by atoms with Gasteiger partial charge in [0.05, 0.1) is 11.9 Å². The molecule has 0 amide bonds. The van der Waals surface area contributed by atoms with Crippen molar-refractivity contribution in [1.82, 2.24) is 9.55 Å². The lowest BCUT2D eigenvalue weighted by molar-refractivity contribution is 0.296. The molecule has 0 fully saturated rings. The fraction of sp³-hybridized carbons (Fsp3) is 0.188. The highest BCUT2D eigenvalue weighted by molar-refractivity contribution is 5.81. The van der Waals surface area contributed by atoms with E-state index in [0.29, 0.717) is 6.61 Å². The van der Waals surface area contributed by atoms with Crippen LogP contribution in [0.4, 0.5) is 0 Å². The molecular formula is C16H16N2O. The van der Waals surface area contributed by atoms with Gasteiger partial charge in [-0.15, -0.1) is 0 Å². The van der Waals surface area contributed by atoms with Crippen molar-refractivity contribution in [2.75, 3.05) is 0 Å². The van der Waals surface area contributed by atoms with E-state index >= 15 is 0 Å². The molecule has 0 saturated heterocycles. The zero-order valence-electron chi connectivity index (χ0n) is 11.1. The molecule has 0 radical (unpaired) electrons. The van der Waals surface area contributed by atoms with Crippen LogP contribution in [0.5, 0.6) is 5.75 Å². The van der Waals surface area contributed by atoms with Crippen molar-refractivity contribution in [3.8, 4) is 5.75 Å². The summed E-state index contributed by atoms with van der Waals surface area (Å²) in [5.74, 6) is 0.795. The summed E-state index contributed by atoms with van der Waals surface area (Å²) < 4.78 is 7.93. The largest absolute Gasteiger partial charge is 0.486 e. The van der Waals surface area contributed by atoms with E-state index in [2.05, 4.69) is 47.8 Å². The summed E-state index contributed by atoms with van der Waals surface area (Å²) in [6, 6.07) is 12.4. The molecule has 3 heteroatoms. The second-order valence-electron chi connectivity index (χ2n) is 4.73. The van der Waals surface area contributed by atoms with Gasteiger partial charge in [-0.05, 0) is 42.1 Å². The first kappa shape index (κ1) is 11.8. The van der Waals surface area contributed by atoms with E-state index in [9.17, 15) is 0 Å². The predicted molar refractivity (Wildman–Crippen MR) is 76.2 cm³/mol. The topological polar surface area (TPSA) is 27.1 Å². The molecule has 1 aromatic carbocycles. The maximum atomic E-state index is 5.75. The van der Waals surface area contributed by atoms with Crippen molar-refractivity contribution in [3.05, 3.63) is 60.0 Å². The Balaban J connectivity index is 1.87. The maximum Gasteiger partial charge on any atom is 0.138 e. The van der Waals surface area contributed by atoms with Gasteiger partial charge in [-0.3, -0.25) is 4.98 Å². The Morgan fingerprint density at radius 1 is 1.21 bits per heavy atom. The van der Waals surface area contributed by atoms with Gasteiger partial charge in [0.2, 0.25) is 0 Å². The first-order valence-electron chi connectivity index (χ1n) is 6.32. The van der Waals surface area contributed by atoms with Crippen LogP contribution in [0.15, 0.2) is 48.8 Å². The standard InChI is InChI=1S/C16H16N2O/c1-12-5-6-13-9-14(18(2)16(13)8-12)11-19-15-4-3-7-17-10-15/h3-10H,11H2,1-2H3. The van der Waals surface area contributed by atoms with Crippen molar-refractivity contribution in [3.63, 3.8) is 0 Å².